The Hall–Kier alpha value is 0.170. The van der Waals surface area contributed by atoms with Crippen molar-refractivity contribution in [3.05, 3.63) is 12.7 Å². The molecule has 6 heteroatoms. The van der Waals surface area contributed by atoms with Crippen molar-refractivity contribution in [3.8, 4) is 0 Å². The molecule has 0 fully saturated rings. The second-order valence-electron chi connectivity index (χ2n) is 4.25. The van der Waals surface area contributed by atoms with E-state index >= 15 is 0 Å². The Balaban J connectivity index is 4.38. The first-order chi connectivity index (χ1) is 7.89. The van der Waals surface area contributed by atoms with E-state index in [4.69, 9.17) is 16.3 Å². The molecule has 0 aliphatic rings. The smallest absolute Gasteiger partial charge is 0.211 e. The van der Waals surface area contributed by atoms with E-state index < -0.39 is 5.62 Å². The second kappa shape index (κ2) is 9.15. The van der Waals surface area contributed by atoms with Gasteiger partial charge in [-0.25, -0.2) is 0 Å². The summed E-state index contributed by atoms with van der Waals surface area (Å²) in [4.78, 5) is 4.12. The van der Waals surface area contributed by atoms with Gasteiger partial charge in [-0.2, -0.15) is 0 Å². The number of aliphatic imine (C=N–C) groups is 1. The summed E-state index contributed by atoms with van der Waals surface area (Å²) in [7, 11) is 0. The van der Waals surface area contributed by atoms with Crippen LogP contribution in [0.3, 0.4) is 0 Å². The molecule has 0 aliphatic heterocycles. The van der Waals surface area contributed by atoms with Gasteiger partial charge in [0.2, 0.25) is 5.62 Å². The maximum Gasteiger partial charge on any atom is 0.211 e. The highest BCUT2D eigenvalue weighted by Crippen LogP contribution is 2.57. The van der Waals surface area contributed by atoms with Gasteiger partial charge in [0, 0.05) is 5.75 Å². The van der Waals surface area contributed by atoms with Gasteiger partial charge in [0.05, 0.1) is 19.0 Å². The molecule has 0 radical (unpaired) electrons. The quantitative estimate of drug-likeness (QED) is 0.303. The maximum absolute atomic E-state index is 5.83. The Morgan fingerprint density at radius 2 is 2.12 bits per heavy atom. The third-order valence-corrected chi connectivity index (χ3v) is 7.32. The molecule has 0 aromatic carbocycles. The van der Waals surface area contributed by atoms with Crippen LogP contribution < -0.4 is 5.09 Å². The maximum atomic E-state index is 5.83. The summed E-state index contributed by atoms with van der Waals surface area (Å²) in [6, 6.07) is 0. The Bertz CT molecular complexity index is 293. The van der Waals surface area contributed by atoms with E-state index in [-0.39, 0.29) is 6.10 Å². The van der Waals surface area contributed by atoms with Crippen LogP contribution in [0.2, 0.25) is 0 Å². The molecule has 0 heterocycles. The number of rotatable bonds is 9. The minimum atomic E-state index is -2.05. The highest BCUT2D eigenvalue weighted by atomic mass is 32.9. The van der Waals surface area contributed by atoms with Crippen LogP contribution in [0.5, 0.6) is 0 Å². The number of nitrogens with one attached hydrogen (secondary N) is 1. The third-order valence-electron chi connectivity index (χ3n) is 1.47. The molecule has 1 unspecified atom stereocenters. The largest absolute Gasteiger partial charge is 0.324 e. The molecular weight excluding hydrogens is 271 g/mol. The summed E-state index contributed by atoms with van der Waals surface area (Å²) < 4.78 is 5.83. The van der Waals surface area contributed by atoms with Crippen LogP contribution in [-0.4, -0.2) is 24.7 Å². The lowest BCUT2D eigenvalue weighted by Gasteiger charge is -2.24. The summed E-state index contributed by atoms with van der Waals surface area (Å²) in [5, 5.41) is 3.14. The van der Waals surface area contributed by atoms with Gasteiger partial charge in [0.1, 0.15) is 0 Å². The predicted octanol–water partition coefficient (Wildman–Crippen LogP) is 3.83. The van der Waals surface area contributed by atoms with Crippen LogP contribution in [0, 0.1) is 5.92 Å². The van der Waals surface area contributed by atoms with Gasteiger partial charge >= 0.3 is 0 Å². The molecular formula is C11H23N2OPS2. The lowest BCUT2D eigenvalue weighted by atomic mass is 10.3. The van der Waals surface area contributed by atoms with Crippen molar-refractivity contribution in [1.29, 1.82) is 0 Å². The predicted molar refractivity (Wildman–Crippen MR) is 84.5 cm³/mol. The van der Waals surface area contributed by atoms with E-state index in [9.17, 15) is 0 Å². The lowest BCUT2D eigenvalue weighted by Crippen LogP contribution is -2.12. The van der Waals surface area contributed by atoms with Crippen molar-refractivity contribution in [1.82, 2.24) is 5.09 Å². The average Bonchev–Trinajstić information content (AvgIpc) is 2.21. The Morgan fingerprint density at radius 3 is 2.59 bits per heavy atom. The molecule has 3 nitrogen and oxygen atoms in total. The molecule has 0 spiro atoms. The first-order valence-electron chi connectivity index (χ1n) is 5.69. The molecule has 0 aliphatic carbocycles. The van der Waals surface area contributed by atoms with Gasteiger partial charge < -0.3 is 9.61 Å². The molecule has 1 atom stereocenters. The van der Waals surface area contributed by atoms with Gasteiger partial charge in [-0.1, -0.05) is 31.3 Å². The van der Waals surface area contributed by atoms with Gasteiger partial charge in [-0.15, -0.1) is 6.58 Å². The zero-order valence-electron chi connectivity index (χ0n) is 11.0. The number of nitrogens with zero attached hydrogens (tertiary/aromatic N) is 1. The van der Waals surface area contributed by atoms with E-state index in [1.54, 1.807) is 23.8 Å². The third kappa shape index (κ3) is 9.83. The Morgan fingerprint density at radius 1 is 1.47 bits per heavy atom. The Kier molecular flexibility index (Phi) is 9.24. The SMILES string of the molecule is C=CCN=CNP(=S)(OC(C)C)SCC(C)C. The van der Waals surface area contributed by atoms with Crippen LogP contribution in [0.4, 0.5) is 0 Å². The summed E-state index contributed by atoms with van der Waals surface area (Å²) in [5.74, 6) is 1.59. The van der Waals surface area contributed by atoms with Crippen LogP contribution in [-0.2, 0) is 16.3 Å². The van der Waals surface area contributed by atoms with E-state index in [0.717, 1.165) is 5.75 Å². The lowest BCUT2D eigenvalue weighted by molar-refractivity contribution is 0.274. The zero-order chi connectivity index (χ0) is 13.3. The summed E-state index contributed by atoms with van der Waals surface area (Å²) in [6.45, 7) is 12.6. The van der Waals surface area contributed by atoms with Crippen molar-refractivity contribution < 1.29 is 4.52 Å². The highest BCUT2D eigenvalue weighted by molar-refractivity contribution is 8.68. The van der Waals surface area contributed by atoms with Crippen LogP contribution >= 0.6 is 17.0 Å². The van der Waals surface area contributed by atoms with Gasteiger partial charge in [-0.3, -0.25) is 4.99 Å². The van der Waals surface area contributed by atoms with Gasteiger partial charge in [-0.05, 0) is 31.6 Å². The number of hydrogen-bond donors (Lipinski definition) is 1. The summed E-state index contributed by atoms with van der Waals surface area (Å²) in [5.41, 5.74) is -2.05. The molecule has 0 saturated carbocycles. The standard InChI is InChI=1S/C11H23N2OPS2/c1-6-7-12-9-13-15(16,14-11(4)5)17-8-10(2)3/h6,9-11H,1,7-8H2,2-5H3,(H,12,13,16). The van der Waals surface area contributed by atoms with Gasteiger partial charge in [0.15, 0.2) is 0 Å². The van der Waals surface area contributed by atoms with Gasteiger partial charge in [0.25, 0.3) is 0 Å². The topological polar surface area (TPSA) is 33.6 Å². The first-order valence-corrected chi connectivity index (χ1v) is 10.0. The summed E-state index contributed by atoms with van der Waals surface area (Å²) in [6.07, 6.45) is 3.52. The highest BCUT2D eigenvalue weighted by Gasteiger charge is 2.19. The Labute approximate surface area is 114 Å². The molecule has 0 aromatic heterocycles. The molecule has 0 amide bonds. The van der Waals surface area contributed by atoms with Crippen molar-refractivity contribution in [2.24, 2.45) is 10.9 Å². The van der Waals surface area contributed by atoms with E-state index in [0.29, 0.717) is 12.5 Å². The fourth-order valence-electron chi connectivity index (χ4n) is 0.862. The van der Waals surface area contributed by atoms with Crippen LogP contribution in [0.15, 0.2) is 17.6 Å². The fraction of sp³-hybridized carbons (Fsp3) is 0.727. The van der Waals surface area contributed by atoms with Crippen molar-refractivity contribution in [2.45, 2.75) is 33.8 Å². The van der Waals surface area contributed by atoms with Crippen molar-refractivity contribution in [3.63, 3.8) is 0 Å². The second-order valence-corrected chi connectivity index (χ2v) is 10.9. The molecule has 100 valence electrons. The molecule has 0 aromatic rings. The molecule has 1 N–H and O–H groups in total. The van der Waals surface area contributed by atoms with Crippen LogP contribution in [0.25, 0.3) is 0 Å². The normalized spacial score (nSPS) is 15.4. The van der Waals surface area contributed by atoms with E-state index in [1.807, 2.05) is 13.8 Å². The molecule has 0 rings (SSSR count). The fourth-order valence-corrected chi connectivity index (χ4v) is 6.08. The van der Waals surface area contributed by atoms with Crippen molar-refractivity contribution >= 4 is 35.1 Å². The zero-order valence-corrected chi connectivity index (χ0v) is 13.6. The minimum Gasteiger partial charge on any atom is -0.324 e. The van der Waals surface area contributed by atoms with E-state index in [1.165, 1.54) is 0 Å². The number of hydrogen-bond acceptors (Lipinski definition) is 4. The van der Waals surface area contributed by atoms with Crippen LogP contribution in [0.1, 0.15) is 27.7 Å². The van der Waals surface area contributed by atoms with E-state index in [2.05, 4.69) is 30.5 Å². The first kappa shape index (κ1) is 17.2. The average molecular weight is 294 g/mol. The minimum absolute atomic E-state index is 0.126. The van der Waals surface area contributed by atoms with Crippen molar-refractivity contribution in [2.75, 3.05) is 12.3 Å². The molecule has 0 bridgehead atoms. The summed E-state index contributed by atoms with van der Waals surface area (Å²) >= 11 is 7.26. The molecule has 0 saturated heterocycles. The molecule has 17 heavy (non-hydrogen) atoms. The monoisotopic (exact) mass is 294 g/mol.